The highest BCUT2D eigenvalue weighted by Gasteiger charge is 2.18. The second kappa shape index (κ2) is 7.28. The molecule has 5 nitrogen and oxygen atoms in total. The predicted octanol–water partition coefficient (Wildman–Crippen LogP) is 1.39. The van der Waals surface area contributed by atoms with Gasteiger partial charge in [-0.25, -0.2) is 4.98 Å². The van der Waals surface area contributed by atoms with E-state index < -0.39 is 0 Å². The zero-order valence-electron chi connectivity index (χ0n) is 12.5. The third-order valence-electron chi connectivity index (χ3n) is 3.33. The first-order chi connectivity index (χ1) is 8.93. The molecule has 5 heteroatoms. The number of carbonyl (C=O) groups is 1. The highest BCUT2D eigenvalue weighted by Crippen LogP contribution is 2.15. The van der Waals surface area contributed by atoms with Gasteiger partial charge in [0.25, 0.3) is 0 Å². The van der Waals surface area contributed by atoms with Crippen LogP contribution < -0.4 is 5.73 Å². The van der Waals surface area contributed by atoms with Gasteiger partial charge in [-0.3, -0.25) is 4.79 Å². The summed E-state index contributed by atoms with van der Waals surface area (Å²) < 4.78 is 1.93. The van der Waals surface area contributed by atoms with Crippen LogP contribution in [0.1, 0.15) is 32.5 Å². The van der Waals surface area contributed by atoms with Gasteiger partial charge in [-0.1, -0.05) is 13.8 Å². The summed E-state index contributed by atoms with van der Waals surface area (Å²) in [6.45, 7) is 5.43. The molecule has 2 N–H and O–H groups in total. The van der Waals surface area contributed by atoms with E-state index in [2.05, 4.69) is 18.8 Å². The minimum Gasteiger partial charge on any atom is -0.338 e. The predicted molar refractivity (Wildman–Crippen MR) is 76.3 cm³/mol. The number of rotatable bonds is 7. The van der Waals surface area contributed by atoms with Gasteiger partial charge in [0, 0.05) is 32.9 Å². The standard InChI is InChI=1S/C14H26N4O/c1-11(2)7-12(9-15)8-14(19)18(4)10-13-16-5-6-17(13)3/h5-6,11-12H,7-10,15H2,1-4H3. The van der Waals surface area contributed by atoms with Gasteiger partial charge < -0.3 is 15.2 Å². The van der Waals surface area contributed by atoms with E-state index in [-0.39, 0.29) is 11.8 Å². The van der Waals surface area contributed by atoms with Gasteiger partial charge in [0.15, 0.2) is 0 Å². The number of imidazole rings is 1. The summed E-state index contributed by atoms with van der Waals surface area (Å²) in [5.41, 5.74) is 5.74. The molecule has 0 fully saturated rings. The van der Waals surface area contributed by atoms with Crippen molar-refractivity contribution >= 4 is 5.91 Å². The third kappa shape index (κ3) is 5.03. The van der Waals surface area contributed by atoms with Crippen LogP contribution in [0, 0.1) is 11.8 Å². The molecule has 0 spiro atoms. The van der Waals surface area contributed by atoms with Gasteiger partial charge in [0.05, 0.1) is 6.54 Å². The highest BCUT2D eigenvalue weighted by atomic mass is 16.2. The van der Waals surface area contributed by atoms with Crippen molar-refractivity contribution in [1.29, 1.82) is 0 Å². The Kier molecular flexibility index (Phi) is 6.02. The Morgan fingerprint density at radius 3 is 2.68 bits per heavy atom. The average molecular weight is 266 g/mol. The molecule has 0 aromatic carbocycles. The molecule has 0 aliphatic heterocycles. The van der Waals surface area contributed by atoms with Crippen LogP contribution in [0.15, 0.2) is 12.4 Å². The topological polar surface area (TPSA) is 64.2 Å². The summed E-state index contributed by atoms with van der Waals surface area (Å²) in [6.07, 6.45) is 5.15. The molecule has 1 rings (SSSR count). The normalized spacial score (nSPS) is 12.7. The first-order valence-corrected chi connectivity index (χ1v) is 6.84. The van der Waals surface area contributed by atoms with Crippen LogP contribution in [0.3, 0.4) is 0 Å². The Hall–Kier alpha value is -1.36. The molecule has 108 valence electrons. The smallest absolute Gasteiger partial charge is 0.223 e. The summed E-state index contributed by atoms with van der Waals surface area (Å²) >= 11 is 0. The van der Waals surface area contributed by atoms with Gasteiger partial charge in [-0.15, -0.1) is 0 Å². The Morgan fingerprint density at radius 1 is 1.53 bits per heavy atom. The van der Waals surface area contributed by atoms with Gasteiger partial charge in [0.1, 0.15) is 5.82 Å². The zero-order chi connectivity index (χ0) is 14.4. The Labute approximate surface area is 115 Å². The van der Waals surface area contributed by atoms with Crippen LogP contribution in [0.25, 0.3) is 0 Å². The maximum Gasteiger partial charge on any atom is 0.223 e. The largest absolute Gasteiger partial charge is 0.338 e. The molecular formula is C14H26N4O. The van der Waals surface area contributed by atoms with Gasteiger partial charge in [-0.2, -0.15) is 0 Å². The molecular weight excluding hydrogens is 240 g/mol. The van der Waals surface area contributed by atoms with Crippen molar-refractivity contribution in [2.45, 2.75) is 33.2 Å². The SMILES string of the molecule is CC(C)CC(CN)CC(=O)N(C)Cc1nccn1C. The monoisotopic (exact) mass is 266 g/mol. The lowest BCUT2D eigenvalue weighted by Crippen LogP contribution is -2.31. The molecule has 0 aliphatic rings. The van der Waals surface area contributed by atoms with Crippen molar-refractivity contribution in [3.05, 3.63) is 18.2 Å². The van der Waals surface area contributed by atoms with E-state index in [4.69, 9.17) is 5.73 Å². The molecule has 1 aromatic heterocycles. The average Bonchev–Trinajstić information content (AvgIpc) is 2.73. The van der Waals surface area contributed by atoms with Crippen molar-refractivity contribution in [2.24, 2.45) is 24.6 Å². The molecule has 19 heavy (non-hydrogen) atoms. The molecule has 1 atom stereocenters. The molecule has 1 heterocycles. The van der Waals surface area contributed by atoms with Crippen molar-refractivity contribution < 1.29 is 4.79 Å². The van der Waals surface area contributed by atoms with E-state index in [1.807, 2.05) is 24.9 Å². The Morgan fingerprint density at radius 2 is 2.21 bits per heavy atom. The Balaban J connectivity index is 2.50. The maximum atomic E-state index is 12.2. The number of carbonyl (C=O) groups excluding carboxylic acids is 1. The number of aryl methyl sites for hydroxylation is 1. The van der Waals surface area contributed by atoms with Crippen LogP contribution in [-0.2, 0) is 18.4 Å². The number of hydrogen-bond acceptors (Lipinski definition) is 3. The maximum absolute atomic E-state index is 12.2. The Bertz CT molecular complexity index is 400. The van der Waals surface area contributed by atoms with Crippen molar-refractivity contribution in [3.63, 3.8) is 0 Å². The lowest BCUT2D eigenvalue weighted by atomic mass is 9.94. The van der Waals surface area contributed by atoms with E-state index in [0.717, 1.165) is 12.2 Å². The molecule has 1 aromatic rings. The first-order valence-electron chi connectivity index (χ1n) is 6.84. The summed E-state index contributed by atoms with van der Waals surface area (Å²) in [4.78, 5) is 18.1. The van der Waals surface area contributed by atoms with Gasteiger partial charge in [0.2, 0.25) is 5.91 Å². The van der Waals surface area contributed by atoms with Crippen molar-refractivity contribution in [2.75, 3.05) is 13.6 Å². The zero-order valence-corrected chi connectivity index (χ0v) is 12.5. The summed E-state index contributed by atoms with van der Waals surface area (Å²) in [6, 6.07) is 0. The molecule has 1 unspecified atom stereocenters. The fourth-order valence-corrected chi connectivity index (χ4v) is 2.18. The fraction of sp³-hybridized carbons (Fsp3) is 0.714. The number of amides is 1. The number of hydrogen-bond donors (Lipinski definition) is 1. The lowest BCUT2D eigenvalue weighted by Gasteiger charge is -2.21. The highest BCUT2D eigenvalue weighted by molar-refractivity contribution is 5.76. The molecule has 1 amide bonds. The summed E-state index contributed by atoms with van der Waals surface area (Å²) in [5.74, 6) is 1.88. The van der Waals surface area contributed by atoms with Crippen LogP contribution in [-0.4, -0.2) is 34.0 Å². The molecule has 0 aliphatic carbocycles. The quantitative estimate of drug-likeness (QED) is 0.811. The van der Waals surface area contributed by atoms with E-state index in [1.54, 1.807) is 11.1 Å². The third-order valence-corrected chi connectivity index (χ3v) is 3.33. The minimum absolute atomic E-state index is 0.138. The van der Waals surface area contributed by atoms with E-state index in [1.165, 1.54) is 0 Å². The van der Waals surface area contributed by atoms with Gasteiger partial charge in [-0.05, 0) is 24.8 Å². The minimum atomic E-state index is 0.138. The van der Waals surface area contributed by atoms with E-state index in [9.17, 15) is 4.79 Å². The second-order valence-corrected chi connectivity index (χ2v) is 5.64. The summed E-state index contributed by atoms with van der Waals surface area (Å²) in [7, 11) is 3.75. The van der Waals surface area contributed by atoms with Crippen LogP contribution >= 0.6 is 0 Å². The number of aromatic nitrogens is 2. The van der Waals surface area contributed by atoms with Crippen LogP contribution in [0.4, 0.5) is 0 Å². The summed E-state index contributed by atoms with van der Waals surface area (Å²) in [5, 5.41) is 0. The lowest BCUT2D eigenvalue weighted by molar-refractivity contribution is -0.131. The second-order valence-electron chi connectivity index (χ2n) is 5.64. The molecule has 0 radical (unpaired) electrons. The van der Waals surface area contributed by atoms with Crippen LogP contribution in [0.5, 0.6) is 0 Å². The van der Waals surface area contributed by atoms with Gasteiger partial charge >= 0.3 is 0 Å². The molecule has 0 saturated carbocycles. The van der Waals surface area contributed by atoms with Crippen molar-refractivity contribution in [1.82, 2.24) is 14.5 Å². The molecule has 0 bridgehead atoms. The van der Waals surface area contributed by atoms with E-state index >= 15 is 0 Å². The van der Waals surface area contributed by atoms with Crippen LogP contribution in [0.2, 0.25) is 0 Å². The fourth-order valence-electron chi connectivity index (χ4n) is 2.18. The number of nitrogens with zero attached hydrogens (tertiary/aromatic N) is 3. The number of nitrogens with two attached hydrogens (primary N) is 1. The first kappa shape index (κ1) is 15.7. The van der Waals surface area contributed by atoms with E-state index in [0.29, 0.717) is 25.4 Å². The van der Waals surface area contributed by atoms with Crippen molar-refractivity contribution in [3.8, 4) is 0 Å². The molecule has 0 saturated heterocycles.